The Morgan fingerprint density at radius 3 is 2.40 bits per heavy atom. The van der Waals surface area contributed by atoms with Gasteiger partial charge in [0.15, 0.2) is 0 Å². The SMILES string of the molecule is COC[C@H](C(=O)OC1C[C@@H]2[C@H]3O[C@H]3[C@H](C1)[N+]2(C)C)c1ccc(O)cc1. The normalized spacial score (nSPS) is 35.7. The lowest BCUT2D eigenvalue weighted by Crippen LogP contribution is -2.60. The number of quaternary nitrogens is 1. The number of hydrogen-bond acceptors (Lipinski definition) is 5. The number of phenols is 1. The number of methoxy groups -OCH3 is 1. The van der Waals surface area contributed by atoms with E-state index in [1.807, 2.05) is 0 Å². The van der Waals surface area contributed by atoms with E-state index in [0.717, 1.165) is 22.9 Å². The topological polar surface area (TPSA) is 68.3 Å². The molecule has 3 aliphatic rings. The van der Waals surface area contributed by atoms with Gasteiger partial charge in [-0.2, -0.15) is 0 Å². The maximum Gasteiger partial charge on any atom is 0.316 e. The van der Waals surface area contributed by atoms with Crippen LogP contribution in [0.5, 0.6) is 5.75 Å². The first-order valence-corrected chi connectivity index (χ1v) is 8.89. The molecule has 3 fully saturated rings. The van der Waals surface area contributed by atoms with E-state index in [1.54, 1.807) is 31.4 Å². The van der Waals surface area contributed by atoms with E-state index in [-0.39, 0.29) is 24.4 Å². The highest BCUT2D eigenvalue weighted by Crippen LogP contribution is 2.51. The number of piperidine rings is 1. The molecule has 0 aromatic heterocycles. The van der Waals surface area contributed by atoms with Crippen molar-refractivity contribution in [3.63, 3.8) is 0 Å². The lowest BCUT2D eigenvalue weighted by molar-refractivity contribution is -0.938. The summed E-state index contributed by atoms with van der Waals surface area (Å²) in [4.78, 5) is 12.8. The van der Waals surface area contributed by atoms with E-state index in [1.165, 1.54) is 0 Å². The molecule has 1 unspecified atom stereocenters. The number of carbonyl (C=O) groups is 1. The van der Waals surface area contributed by atoms with Gasteiger partial charge in [-0.05, 0) is 17.7 Å². The lowest BCUT2D eigenvalue weighted by atomic mass is 9.95. The Labute approximate surface area is 147 Å². The number of epoxide rings is 1. The third-order valence-corrected chi connectivity index (χ3v) is 6.23. The molecule has 1 aromatic carbocycles. The molecule has 136 valence electrons. The smallest absolute Gasteiger partial charge is 0.316 e. The Balaban J connectivity index is 1.45. The Morgan fingerprint density at radius 1 is 1.24 bits per heavy atom. The minimum atomic E-state index is -0.474. The number of likely N-dealkylation sites (N-methyl/N-ethyl adjacent to an activating group) is 1. The summed E-state index contributed by atoms with van der Waals surface area (Å²) in [6.07, 6.45) is 2.34. The van der Waals surface area contributed by atoms with Crippen molar-refractivity contribution in [3.05, 3.63) is 29.8 Å². The van der Waals surface area contributed by atoms with E-state index in [9.17, 15) is 9.90 Å². The molecule has 25 heavy (non-hydrogen) atoms. The molecule has 0 amide bonds. The molecule has 3 heterocycles. The van der Waals surface area contributed by atoms with Crippen LogP contribution in [0.4, 0.5) is 0 Å². The van der Waals surface area contributed by atoms with Gasteiger partial charge in [0, 0.05) is 20.0 Å². The first kappa shape index (κ1) is 16.8. The van der Waals surface area contributed by atoms with Crippen LogP contribution in [0.1, 0.15) is 24.3 Å². The molecule has 6 atom stereocenters. The highest BCUT2D eigenvalue weighted by atomic mass is 16.6. The first-order valence-electron chi connectivity index (χ1n) is 8.89. The van der Waals surface area contributed by atoms with Crippen molar-refractivity contribution in [2.45, 2.75) is 49.2 Å². The number of phenolic OH excluding ortho intramolecular Hbond substituents is 1. The molecule has 1 aromatic rings. The number of ether oxygens (including phenoxy) is 3. The van der Waals surface area contributed by atoms with Crippen molar-refractivity contribution >= 4 is 5.97 Å². The van der Waals surface area contributed by atoms with E-state index in [4.69, 9.17) is 14.2 Å². The Morgan fingerprint density at radius 2 is 1.84 bits per heavy atom. The van der Waals surface area contributed by atoms with Gasteiger partial charge in [-0.3, -0.25) is 4.79 Å². The molecule has 0 aliphatic carbocycles. The highest BCUT2D eigenvalue weighted by molar-refractivity contribution is 5.78. The average Bonchev–Trinajstić information content (AvgIpc) is 3.32. The monoisotopic (exact) mass is 348 g/mol. The van der Waals surface area contributed by atoms with Crippen LogP contribution in [-0.2, 0) is 19.0 Å². The quantitative estimate of drug-likeness (QED) is 0.495. The van der Waals surface area contributed by atoms with E-state index < -0.39 is 5.92 Å². The van der Waals surface area contributed by atoms with Gasteiger partial charge in [0.05, 0.1) is 20.7 Å². The van der Waals surface area contributed by atoms with Gasteiger partial charge in [0.1, 0.15) is 42.1 Å². The van der Waals surface area contributed by atoms with Crippen LogP contribution in [0, 0.1) is 0 Å². The van der Waals surface area contributed by atoms with Crippen LogP contribution in [0.2, 0.25) is 0 Å². The van der Waals surface area contributed by atoms with Gasteiger partial charge in [0.2, 0.25) is 0 Å². The fourth-order valence-electron chi connectivity index (χ4n) is 4.72. The van der Waals surface area contributed by atoms with Gasteiger partial charge in [0.25, 0.3) is 0 Å². The number of carbonyl (C=O) groups excluding carboxylic acids is 1. The minimum absolute atomic E-state index is 0.0541. The summed E-state index contributed by atoms with van der Waals surface area (Å²) < 4.78 is 17.9. The van der Waals surface area contributed by atoms with Gasteiger partial charge in [-0.15, -0.1) is 0 Å². The van der Waals surface area contributed by atoms with Crippen molar-refractivity contribution in [1.82, 2.24) is 0 Å². The number of rotatable bonds is 5. The van der Waals surface area contributed by atoms with Crippen molar-refractivity contribution in [1.29, 1.82) is 0 Å². The summed E-state index contributed by atoms with van der Waals surface area (Å²) in [7, 11) is 6.09. The fourth-order valence-corrected chi connectivity index (χ4v) is 4.72. The fraction of sp³-hybridized carbons (Fsp3) is 0.632. The molecule has 6 heteroatoms. The summed E-state index contributed by atoms with van der Waals surface area (Å²) in [5.74, 6) is -0.548. The number of hydrogen-bond donors (Lipinski definition) is 1. The van der Waals surface area contributed by atoms with Crippen molar-refractivity contribution in [2.24, 2.45) is 0 Å². The zero-order valence-corrected chi connectivity index (χ0v) is 14.9. The standard InChI is InChI=1S/C19H25NO5/c1-20(2)15-8-13(9-16(20)18-17(15)25-18)24-19(22)14(10-23-3)11-4-6-12(21)7-5-11/h4-7,13-18H,8-10H2,1-3H3/p+1/t13?,14-,15-,16+,17-,18+/m0/s1. The van der Waals surface area contributed by atoms with Crippen LogP contribution in [-0.4, -0.2) is 73.8 Å². The van der Waals surface area contributed by atoms with Gasteiger partial charge in [-0.1, -0.05) is 12.1 Å². The van der Waals surface area contributed by atoms with Crippen molar-refractivity contribution < 1.29 is 28.6 Å². The van der Waals surface area contributed by atoms with E-state index in [2.05, 4.69) is 14.1 Å². The number of esters is 1. The molecule has 4 rings (SSSR count). The molecular weight excluding hydrogens is 322 g/mol. The van der Waals surface area contributed by atoms with Gasteiger partial charge >= 0.3 is 5.97 Å². The summed E-state index contributed by atoms with van der Waals surface area (Å²) in [5.41, 5.74) is 0.797. The number of aromatic hydroxyl groups is 1. The molecular formula is C19H26NO5+. The largest absolute Gasteiger partial charge is 0.508 e. The zero-order chi connectivity index (χ0) is 17.8. The first-order chi connectivity index (χ1) is 11.9. The maximum absolute atomic E-state index is 12.8. The predicted octanol–water partition coefficient (Wildman–Crippen LogP) is 1.42. The minimum Gasteiger partial charge on any atom is -0.508 e. The molecule has 0 radical (unpaired) electrons. The molecule has 3 saturated heterocycles. The third kappa shape index (κ3) is 2.82. The molecule has 2 bridgehead atoms. The number of nitrogens with zero attached hydrogens (tertiary/aromatic N) is 1. The summed E-state index contributed by atoms with van der Waals surface area (Å²) in [6, 6.07) is 7.47. The Hall–Kier alpha value is -1.63. The molecule has 3 aliphatic heterocycles. The van der Waals surface area contributed by atoms with E-state index in [0.29, 0.717) is 24.3 Å². The third-order valence-electron chi connectivity index (χ3n) is 6.23. The number of morpholine rings is 1. The molecule has 6 nitrogen and oxygen atoms in total. The summed E-state index contributed by atoms with van der Waals surface area (Å²) >= 11 is 0. The van der Waals surface area contributed by atoms with Crippen LogP contribution in [0.3, 0.4) is 0 Å². The lowest BCUT2D eigenvalue weighted by Gasteiger charge is -2.45. The Bertz CT molecular complexity index is 638. The number of fused-ring (bicyclic) bond motifs is 5. The second-order valence-corrected chi connectivity index (χ2v) is 7.96. The molecule has 0 spiro atoms. The number of benzene rings is 1. The van der Waals surface area contributed by atoms with Crippen LogP contribution < -0.4 is 0 Å². The molecule has 0 saturated carbocycles. The van der Waals surface area contributed by atoms with Crippen LogP contribution in [0.15, 0.2) is 24.3 Å². The van der Waals surface area contributed by atoms with Crippen LogP contribution >= 0.6 is 0 Å². The second kappa shape index (κ2) is 5.97. The van der Waals surface area contributed by atoms with Crippen molar-refractivity contribution in [2.75, 3.05) is 27.8 Å². The van der Waals surface area contributed by atoms with Crippen molar-refractivity contribution in [3.8, 4) is 5.75 Å². The van der Waals surface area contributed by atoms with Crippen LogP contribution in [0.25, 0.3) is 0 Å². The highest BCUT2D eigenvalue weighted by Gasteiger charge is 2.70. The molecule has 1 N–H and O–H groups in total. The average molecular weight is 348 g/mol. The Kier molecular flexibility index (Phi) is 4.02. The van der Waals surface area contributed by atoms with Gasteiger partial charge < -0.3 is 23.8 Å². The van der Waals surface area contributed by atoms with Gasteiger partial charge in [-0.25, -0.2) is 0 Å². The van der Waals surface area contributed by atoms with E-state index >= 15 is 0 Å². The predicted molar refractivity (Wildman–Crippen MR) is 90.2 cm³/mol. The zero-order valence-electron chi connectivity index (χ0n) is 14.9. The summed E-state index contributed by atoms with van der Waals surface area (Å²) in [5, 5.41) is 9.45. The second-order valence-electron chi connectivity index (χ2n) is 7.96. The maximum atomic E-state index is 12.8. The summed E-state index contributed by atoms with van der Waals surface area (Å²) in [6.45, 7) is 0.263.